The van der Waals surface area contributed by atoms with Gasteiger partial charge in [-0.2, -0.15) is 0 Å². The fraction of sp³-hybridized carbons (Fsp3) is 0.455. The van der Waals surface area contributed by atoms with Gasteiger partial charge in [0.25, 0.3) is 0 Å². The lowest BCUT2D eigenvalue weighted by atomic mass is 10.3. The third-order valence-corrected chi connectivity index (χ3v) is 2.50. The van der Waals surface area contributed by atoms with Crippen molar-refractivity contribution in [1.29, 1.82) is 0 Å². The van der Waals surface area contributed by atoms with Gasteiger partial charge < -0.3 is 16.0 Å². The smallest absolute Gasteiger partial charge is 0.239 e. The predicted molar refractivity (Wildman–Crippen MR) is 63.1 cm³/mol. The summed E-state index contributed by atoms with van der Waals surface area (Å²) in [5.41, 5.74) is 6.36. The molecule has 1 aromatic rings. The summed E-state index contributed by atoms with van der Waals surface area (Å²) in [6.07, 6.45) is 3.86. The predicted octanol–water partition coefficient (Wildman–Crippen LogP) is 0.379. The Morgan fingerprint density at radius 1 is 1.69 bits per heavy atom. The van der Waals surface area contributed by atoms with Crippen molar-refractivity contribution in [2.75, 3.05) is 24.2 Å². The molecule has 0 radical (unpaired) electrons. The Hall–Kier alpha value is -1.78. The molecule has 0 saturated heterocycles. The van der Waals surface area contributed by atoms with Gasteiger partial charge in [0.15, 0.2) is 5.82 Å². The average molecular weight is 220 g/mol. The molecule has 0 atom stereocenters. The van der Waals surface area contributed by atoms with E-state index in [-0.39, 0.29) is 12.5 Å². The first-order valence-corrected chi connectivity index (χ1v) is 5.38. The molecule has 0 unspecified atom stereocenters. The molecule has 1 fully saturated rings. The number of hydrogen-bond donors (Lipinski definition) is 2. The van der Waals surface area contributed by atoms with Crippen LogP contribution in [-0.4, -0.2) is 30.5 Å². The van der Waals surface area contributed by atoms with Gasteiger partial charge in [-0.1, -0.05) is 0 Å². The van der Waals surface area contributed by atoms with Crippen LogP contribution in [0.1, 0.15) is 12.8 Å². The fourth-order valence-electron chi connectivity index (χ4n) is 1.52. The number of nitrogens with two attached hydrogens (primary N) is 1. The minimum atomic E-state index is 0.0232. The van der Waals surface area contributed by atoms with E-state index in [0.717, 1.165) is 12.8 Å². The molecular weight excluding hydrogens is 204 g/mol. The Labute approximate surface area is 94.6 Å². The summed E-state index contributed by atoms with van der Waals surface area (Å²) in [7, 11) is 1.81. The number of nitrogens with zero attached hydrogens (tertiary/aromatic N) is 2. The van der Waals surface area contributed by atoms with Crippen LogP contribution in [0.2, 0.25) is 0 Å². The van der Waals surface area contributed by atoms with Crippen molar-refractivity contribution < 1.29 is 4.79 Å². The number of pyridine rings is 1. The summed E-state index contributed by atoms with van der Waals surface area (Å²) in [6.45, 7) is 0.289. The van der Waals surface area contributed by atoms with Crippen LogP contribution in [0.25, 0.3) is 0 Å². The molecule has 1 aromatic heterocycles. The van der Waals surface area contributed by atoms with Crippen LogP contribution in [0.3, 0.4) is 0 Å². The Morgan fingerprint density at radius 2 is 2.44 bits per heavy atom. The molecular formula is C11H16N4O. The molecule has 86 valence electrons. The highest BCUT2D eigenvalue weighted by molar-refractivity contribution is 5.82. The molecule has 5 heteroatoms. The van der Waals surface area contributed by atoms with E-state index in [1.54, 1.807) is 23.2 Å². The van der Waals surface area contributed by atoms with E-state index >= 15 is 0 Å². The second kappa shape index (κ2) is 4.38. The maximum Gasteiger partial charge on any atom is 0.239 e. The maximum atomic E-state index is 11.6. The van der Waals surface area contributed by atoms with Gasteiger partial charge in [0.2, 0.25) is 5.91 Å². The van der Waals surface area contributed by atoms with Crippen LogP contribution in [0.15, 0.2) is 18.3 Å². The monoisotopic (exact) mass is 220 g/mol. The van der Waals surface area contributed by atoms with Crippen LogP contribution < -0.4 is 16.0 Å². The highest BCUT2D eigenvalue weighted by Crippen LogP contribution is 2.19. The molecule has 0 bridgehead atoms. The summed E-state index contributed by atoms with van der Waals surface area (Å²) in [6, 6.07) is 3.94. The average Bonchev–Trinajstić information content (AvgIpc) is 3.01. The molecule has 2 rings (SSSR count). The lowest BCUT2D eigenvalue weighted by molar-refractivity contribution is -0.119. The van der Waals surface area contributed by atoms with Gasteiger partial charge in [-0.15, -0.1) is 0 Å². The van der Waals surface area contributed by atoms with Gasteiger partial charge in [-0.05, 0) is 25.0 Å². The quantitative estimate of drug-likeness (QED) is 0.769. The zero-order chi connectivity index (χ0) is 11.5. The summed E-state index contributed by atoms with van der Waals surface area (Å²) in [4.78, 5) is 17.5. The second-order valence-electron chi connectivity index (χ2n) is 4.11. The number of amides is 1. The zero-order valence-corrected chi connectivity index (χ0v) is 9.31. The van der Waals surface area contributed by atoms with Gasteiger partial charge in [-0.25, -0.2) is 4.98 Å². The maximum absolute atomic E-state index is 11.6. The molecule has 0 spiro atoms. The van der Waals surface area contributed by atoms with Gasteiger partial charge >= 0.3 is 0 Å². The Bertz CT molecular complexity index is 389. The third-order valence-electron chi connectivity index (χ3n) is 2.50. The van der Waals surface area contributed by atoms with E-state index < -0.39 is 0 Å². The topological polar surface area (TPSA) is 71.2 Å². The SMILES string of the molecule is CN(CC(=O)NC1CC1)c1ncccc1N. The van der Waals surface area contributed by atoms with Gasteiger partial charge in [0.1, 0.15) is 0 Å². The van der Waals surface area contributed by atoms with Crippen LogP contribution in [-0.2, 0) is 4.79 Å². The third kappa shape index (κ3) is 2.62. The van der Waals surface area contributed by atoms with Gasteiger partial charge in [0.05, 0.1) is 12.2 Å². The number of likely N-dealkylation sites (N-methyl/N-ethyl adjacent to an activating group) is 1. The standard InChI is InChI=1S/C11H16N4O/c1-15(7-10(16)14-8-4-5-8)11-9(12)3-2-6-13-11/h2-3,6,8H,4-5,7,12H2,1H3,(H,14,16). The summed E-state index contributed by atoms with van der Waals surface area (Å²) in [5.74, 6) is 0.670. The molecule has 5 nitrogen and oxygen atoms in total. The number of rotatable bonds is 4. The Morgan fingerprint density at radius 3 is 3.06 bits per heavy atom. The fourth-order valence-corrected chi connectivity index (χ4v) is 1.52. The van der Waals surface area contributed by atoms with E-state index in [4.69, 9.17) is 5.73 Å². The number of anilines is 2. The number of hydrogen-bond acceptors (Lipinski definition) is 4. The molecule has 0 aliphatic heterocycles. The summed E-state index contributed by atoms with van der Waals surface area (Å²) in [5, 5.41) is 2.92. The van der Waals surface area contributed by atoms with Crippen molar-refractivity contribution in [3.05, 3.63) is 18.3 Å². The molecule has 1 aliphatic rings. The van der Waals surface area contributed by atoms with E-state index in [0.29, 0.717) is 17.5 Å². The molecule has 3 N–H and O–H groups in total. The molecule has 1 heterocycles. The van der Waals surface area contributed by atoms with E-state index in [2.05, 4.69) is 10.3 Å². The number of carbonyl (C=O) groups is 1. The summed E-state index contributed by atoms with van der Waals surface area (Å²) >= 11 is 0. The molecule has 16 heavy (non-hydrogen) atoms. The number of nitrogen functional groups attached to an aromatic ring is 1. The van der Waals surface area contributed by atoms with E-state index in [9.17, 15) is 4.79 Å². The lowest BCUT2D eigenvalue weighted by Crippen LogP contribution is -2.36. The first-order chi connectivity index (χ1) is 7.66. The number of nitrogens with one attached hydrogen (secondary N) is 1. The van der Waals surface area contributed by atoms with Crippen molar-refractivity contribution in [1.82, 2.24) is 10.3 Å². The molecule has 1 saturated carbocycles. The highest BCUT2D eigenvalue weighted by atomic mass is 16.2. The highest BCUT2D eigenvalue weighted by Gasteiger charge is 2.23. The van der Waals surface area contributed by atoms with E-state index in [1.807, 2.05) is 7.05 Å². The first kappa shape index (κ1) is 10.7. The van der Waals surface area contributed by atoms with Gasteiger partial charge in [0, 0.05) is 19.3 Å². The largest absolute Gasteiger partial charge is 0.396 e. The molecule has 1 amide bonds. The first-order valence-electron chi connectivity index (χ1n) is 5.38. The van der Waals surface area contributed by atoms with Crippen molar-refractivity contribution in [2.45, 2.75) is 18.9 Å². The van der Waals surface area contributed by atoms with Gasteiger partial charge in [-0.3, -0.25) is 4.79 Å². The van der Waals surface area contributed by atoms with Crippen LogP contribution >= 0.6 is 0 Å². The Kier molecular flexibility index (Phi) is 2.94. The lowest BCUT2D eigenvalue weighted by Gasteiger charge is -2.18. The van der Waals surface area contributed by atoms with Crippen molar-refractivity contribution >= 4 is 17.4 Å². The van der Waals surface area contributed by atoms with Crippen LogP contribution in [0.5, 0.6) is 0 Å². The van der Waals surface area contributed by atoms with Crippen LogP contribution in [0, 0.1) is 0 Å². The van der Waals surface area contributed by atoms with Crippen molar-refractivity contribution in [2.24, 2.45) is 0 Å². The molecule has 0 aromatic carbocycles. The number of aromatic nitrogens is 1. The van der Waals surface area contributed by atoms with Crippen molar-refractivity contribution in [3.63, 3.8) is 0 Å². The van der Waals surface area contributed by atoms with Crippen molar-refractivity contribution in [3.8, 4) is 0 Å². The minimum Gasteiger partial charge on any atom is -0.396 e. The zero-order valence-electron chi connectivity index (χ0n) is 9.31. The summed E-state index contributed by atoms with van der Waals surface area (Å²) < 4.78 is 0. The van der Waals surface area contributed by atoms with E-state index in [1.165, 1.54) is 0 Å². The normalized spacial score (nSPS) is 14.6. The van der Waals surface area contributed by atoms with Crippen LogP contribution in [0.4, 0.5) is 11.5 Å². The number of carbonyl (C=O) groups excluding carboxylic acids is 1. The minimum absolute atomic E-state index is 0.0232. The molecule has 1 aliphatic carbocycles. The second-order valence-corrected chi connectivity index (χ2v) is 4.11. The Balaban J connectivity index is 1.93.